The van der Waals surface area contributed by atoms with Crippen LogP contribution in [0.15, 0.2) is 23.1 Å². The molecule has 2 amide bonds. The molecule has 2 aliphatic carbocycles. The minimum Gasteiger partial charge on any atom is -0.354 e. The van der Waals surface area contributed by atoms with Crippen molar-refractivity contribution < 1.29 is 18.0 Å². The fourth-order valence-electron chi connectivity index (χ4n) is 4.77. The van der Waals surface area contributed by atoms with Gasteiger partial charge in [-0.3, -0.25) is 9.59 Å². The van der Waals surface area contributed by atoms with E-state index >= 15 is 0 Å². The van der Waals surface area contributed by atoms with Gasteiger partial charge in [0.25, 0.3) is 0 Å². The van der Waals surface area contributed by atoms with Crippen LogP contribution in [0.1, 0.15) is 75.3 Å². The first-order valence-corrected chi connectivity index (χ1v) is 12.6. The zero-order valence-electron chi connectivity index (χ0n) is 18.1. The number of rotatable bonds is 7. The maximum absolute atomic E-state index is 13.6. The Morgan fingerprint density at radius 3 is 2.37 bits per heavy atom. The van der Waals surface area contributed by atoms with Crippen molar-refractivity contribution in [1.82, 2.24) is 10.6 Å². The lowest BCUT2D eigenvalue weighted by molar-refractivity contribution is -0.124. The lowest BCUT2D eigenvalue weighted by Crippen LogP contribution is -2.51. The van der Waals surface area contributed by atoms with E-state index < -0.39 is 20.5 Å². The van der Waals surface area contributed by atoms with Gasteiger partial charge < -0.3 is 10.6 Å². The second kappa shape index (κ2) is 9.50. The highest BCUT2D eigenvalue weighted by molar-refractivity contribution is 7.93. The molecule has 0 aliphatic heterocycles. The number of amides is 2. The first-order chi connectivity index (χ1) is 14.3. The van der Waals surface area contributed by atoms with Crippen molar-refractivity contribution in [3.8, 4) is 0 Å². The summed E-state index contributed by atoms with van der Waals surface area (Å²) in [6.45, 7) is 3.77. The lowest BCUT2D eigenvalue weighted by atomic mass is 9.95. The third-order valence-corrected chi connectivity index (χ3v) is 9.22. The summed E-state index contributed by atoms with van der Waals surface area (Å²) in [6.07, 6.45) is 7.75. The molecule has 2 saturated carbocycles. The molecular formula is C23H34N2O4S. The Morgan fingerprint density at radius 1 is 1.03 bits per heavy atom. The first-order valence-electron chi connectivity index (χ1n) is 11.2. The highest BCUT2D eigenvalue weighted by Gasteiger charge is 2.53. The maximum atomic E-state index is 13.6. The molecule has 0 atom stereocenters. The molecule has 166 valence electrons. The average Bonchev–Trinajstić information content (AvgIpc) is 3.22. The molecule has 1 aromatic rings. The van der Waals surface area contributed by atoms with E-state index in [0.29, 0.717) is 31.2 Å². The Morgan fingerprint density at radius 2 is 1.70 bits per heavy atom. The van der Waals surface area contributed by atoms with E-state index in [0.717, 1.165) is 31.2 Å². The molecule has 2 fully saturated rings. The zero-order valence-corrected chi connectivity index (χ0v) is 18.9. The number of aryl methyl sites for hydroxylation is 2. The Bertz CT molecular complexity index is 882. The van der Waals surface area contributed by atoms with Crippen molar-refractivity contribution in [2.45, 2.75) is 93.7 Å². The number of hydrogen-bond acceptors (Lipinski definition) is 4. The van der Waals surface area contributed by atoms with Gasteiger partial charge in [-0.1, -0.05) is 44.2 Å². The van der Waals surface area contributed by atoms with Gasteiger partial charge in [-0.2, -0.15) is 0 Å². The molecule has 0 radical (unpaired) electrons. The fourth-order valence-corrected chi connectivity index (χ4v) is 7.16. The van der Waals surface area contributed by atoms with E-state index in [1.54, 1.807) is 19.1 Å². The molecule has 0 aromatic heterocycles. The van der Waals surface area contributed by atoms with Crippen molar-refractivity contribution in [3.63, 3.8) is 0 Å². The summed E-state index contributed by atoms with van der Waals surface area (Å²) in [5.41, 5.74) is 1.51. The molecule has 0 heterocycles. The van der Waals surface area contributed by atoms with Crippen LogP contribution in [-0.2, 0) is 19.4 Å². The molecule has 6 nitrogen and oxygen atoms in total. The van der Waals surface area contributed by atoms with Crippen LogP contribution < -0.4 is 10.6 Å². The van der Waals surface area contributed by atoms with Gasteiger partial charge in [-0.05, 0) is 56.7 Å². The summed E-state index contributed by atoms with van der Waals surface area (Å²) in [6, 6.07) is 5.56. The molecular weight excluding hydrogens is 400 g/mol. The van der Waals surface area contributed by atoms with Crippen molar-refractivity contribution in [2.24, 2.45) is 0 Å². The summed E-state index contributed by atoms with van der Waals surface area (Å²) < 4.78 is 25.7. The quantitative estimate of drug-likeness (QED) is 0.688. The topological polar surface area (TPSA) is 92.3 Å². The molecule has 0 bridgehead atoms. The zero-order chi connectivity index (χ0) is 21.8. The van der Waals surface area contributed by atoms with Crippen LogP contribution in [0.5, 0.6) is 0 Å². The van der Waals surface area contributed by atoms with E-state index in [2.05, 4.69) is 10.6 Å². The SMILES string of the molecule is Cc1ccc(C)c(S(=O)(=O)C2(C(=O)NCCC(=O)NC3CCCCC3)CCCC2)c1. The molecule has 2 N–H and O–H groups in total. The molecule has 7 heteroatoms. The Hall–Kier alpha value is -1.89. The standard InChI is InChI=1S/C23H34N2O4S/c1-17-10-11-18(2)20(16-17)30(28,29)23(13-6-7-14-23)22(27)24-15-12-21(26)25-19-8-4-3-5-9-19/h10-11,16,19H,3-9,12-15H2,1-2H3,(H,24,27)(H,25,26). The second-order valence-corrected chi connectivity index (χ2v) is 11.1. The van der Waals surface area contributed by atoms with E-state index in [-0.39, 0.29) is 29.8 Å². The molecule has 30 heavy (non-hydrogen) atoms. The number of benzene rings is 1. The third kappa shape index (κ3) is 4.71. The predicted molar refractivity (Wildman–Crippen MR) is 117 cm³/mol. The summed E-state index contributed by atoms with van der Waals surface area (Å²) in [4.78, 5) is 25.6. The van der Waals surface area contributed by atoms with Crippen molar-refractivity contribution in [1.29, 1.82) is 0 Å². The number of carbonyl (C=O) groups excluding carboxylic acids is 2. The molecule has 0 spiro atoms. The largest absolute Gasteiger partial charge is 0.354 e. The molecule has 2 aliphatic rings. The van der Waals surface area contributed by atoms with Crippen LogP contribution >= 0.6 is 0 Å². The Labute approximate surface area is 180 Å². The summed E-state index contributed by atoms with van der Waals surface area (Å²) >= 11 is 0. The van der Waals surface area contributed by atoms with Gasteiger partial charge in [0.1, 0.15) is 0 Å². The normalized spacial score (nSPS) is 19.4. The van der Waals surface area contributed by atoms with E-state index in [1.807, 2.05) is 13.0 Å². The summed E-state index contributed by atoms with van der Waals surface area (Å²) in [7, 11) is -3.84. The van der Waals surface area contributed by atoms with Gasteiger partial charge in [-0.15, -0.1) is 0 Å². The smallest absolute Gasteiger partial charge is 0.241 e. The highest BCUT2D eigenvalue weighted by Crippen LogP contribution is 2.41. The molecule has 0 saturated heterocycles. The van der Waals surface area contributed by atoms with Gasteiger partial charge in [0.15, 0.2) is 14.6 Å². The van der Waals surface area contributed by atoms with Gasteiger partial charge in [0.2, 0.25) is 11.8 Å². The van der Waals surface area contributed by atoms with Crippen LogP contribution in [0.4, 0.5) is 0 Å². The molecule has 0 unspecified atom stereocenters. The van der Waals surface area contributed by atoms with Crippen LogP contribution in [0, 0.1) is 13.8 Å². The summed E-state index contributed by atoms with van der Waals surface area (Å²) in [5.74, 6) is -0.550. The number of carbonyl (C=O) groups is 2. The van der Waals surface area contributed by atoms with Gasteiger partial charge in [-0.25, -0.2) is 8.42 Å². The van der Waals surface area contributed by atoms with E-state index in [1.165, 1.54) is 6.42 Å². The predicted octanol–water partition coefficient (Wildman–Crippen LogP) is 3.35. The number of hydrogen-bond donors (Lipinski definition) is 2. The van der Waals surface area contributed by atoms with E-state index in [9.17, 15) is 18.0 Å². The summed E-state index contributed by atoms with van der Waals surface area (Å²) in [5, 5.41) is 5.80. The van der Waals surface area contributed by atoms with Crippen LogP contribution in [-0.4, -0.2) is 37.6 Å². The molecule has 1 aromatic carbocycles. The van der Waals surface area contributed by atoms with Crippen molar-refractivity contribution >= 4 is 21.7 Å². The van der Waals surface area contributed by atoms with Crippen LogP contribution in [0.2, 0.25) is 0 Å². The minimum atomic E-state index is -3.84. The van der Waals surface area contributed by atoms with Crippen LogP contribution in [0.25, 0.3) is 0 Å². The number of nitrogens with one attached hydrogen (secondary N) is 2. The van der Waals surface area contributed by atoms with Crippen LogP contribution in [0.3, 0.4) is 0 Å². The van der Waals surface area contributed by atoms with Gasteiger partial charge >= 0.3 is 0 Å². The highest BCUT2D eigenvalue weighted by atomic mass is 32.2. The fraction of sp³-hybridized carbons (Fsp3) is 0.652. The van der Waals surface area contributed by atoms with E-state index in [4.69, 9.17) is 0 Å². The Kier molecular flexibility index (Phi) is 7.22. The third-order valence-electron chi connectivity index (χ3n) is 6.58. The Balaban J connectivity index is 1.67. The van der Waals surface area contributed by atoms with Crippen molar-refractivity contribution in [3.05, 3.63) is 29.3 Å². The number of sulfone groups is 1. The maximum Gasteiger partial charge on any atom is 0.241 e. The monoisotopic (exact) mass is 434 g/mol. The van der Waals surface area contributed by atoms with Crippen molar-refractivity contribution in [2.75, 3.05) is 6.54 Å². The second-order valence-electron chi connectivity index (χ2n) is 8.88. The molecule has 3 rings (SSSR count). The first kappa shape index (κ1) is 22.8. The minimum absolute atomic E-state index is 0.0833. The van der Waals surface area contributed by atoms with Gasteiger partial charge in [0, 0.05) is 19.0 Å². The average molecular weight is 435 g/mol. The lowest BCUT2D eigenvalue weighted by Gasteiger charge is -2.28. The van der Waals surface area contributed by atoms with Gasteiger partial charge in [0.05, 0.1) is 4.90 Å².